The van der Waals surface area contributed by atoms with Crippen LogP contribution in [0.5, 0.6) is 0 Å². The molecule has 0 radical (unpaired) electrons. The molecule has 0 bridgehead atoms. The summed E-state index contributed by atoms with van der Waals surface area (Å²) >= 11 is 0. The highest BCUT2D eigenvalue weighted by molar-refractivity contribution is 5.93. The summed E-state index contributed by atoms with van der Waals surface area (Å²) in [6.45, 7) is 10.9. The van der Waals surface area contributed by atoms with Gasteiger partial charge in [-0.15, -0.1) is 0 Å². The third kappa shape index (κ3) is 5.95. The third-order valence-corrected chi connectivity index (χ3v) is 8.20. The van der Waals surface area contributed by atoms with Gasteiger partial charge in [-0.3, -0.25) is 14.5 Å². The molecule has 0 unspecified atom stereocenters. The van der Waals surface area contributed by atoms with E-state index < -0.39 is 0 Å². The van der Waals surface area contributed by atoms with Crippen molar-refractivity contribution in [3.05, 3.63) is 53.0 Å². The van der Waals surface area contributed by atoms with Gasteiger partial charge in [-0.25, -0.2) is 9.97 Å². The van der Waals surface area contributed by atoms with E-state index in [1.54, 1.807) is 6.92 Å². The Labute approximate surface area is 220 Å². The van der Waals surface area contributed by atoms with E-state index in [1.165, 1.54) is 11.1 Å². The molecule has 2 fully saturated rings. The van der Waals surface area contributed by atoms with Crippen molar-refractivity contribution in [2.24, 2.45) is 0 Å². The highest BCUT2D eigenvalue weighted by Crippen LogP contribution is 2.26. The van der Waals surface area contributed by atoms with Crippen molar-refractivity contribution in [1.82, 2.24) is 24.7 Å². The number of piperidine rings is 2. The Kier molecular flexibility index (Phi) is 7.74. The number of likely N-dealkylation sites (tertiary alicyclic amines) is 2. The number of anilines is 1. The molecular weight excluding hydrogens is 464 g/mol. The number of carbonyl (C=O) groups is 2. The summed E-state index contributed by atoms with van der Waals surface area (Å²) in [5.41, 5.74) is 3.40. The van der Waals surface area contributed by atoms with E-state index in [1.807, 2.05) is 15.9 Å². The minimum Gasteiger partial charge on any atom is -0.367 e. The fraction of sp³-hybridized carbons (Fsp3) is 0.586. The van der Waals surface area contributed by atoms with Crippen molar-refractivity contribution >= 4 is 17.6 Å². The number of rotatable bonds is 5. The van der Waals surface area contributed by atoms with Crippen LogP contribution in [0.1, 0.15) is 79.8 Å². The van der Waals surface area contributed by atoms with Crippen LogP contribution >= 0.6 is 0 Å². The Morgan fingerprint density at radius 2 is 1.59 bits per heavy atom. The van der Waals surface area contributed by atoms with E-state index in [9.17, 15) is 9.59 Å². The zero-order chi connectivity index (χ0) is 25.9. The van der Waals surface area contributed by atoms with E-state index >= 15 is 0 Å². The molecule has 198 valence electrons. The van der Waals surface area contributed by atoms with Crippen LogP contribution in [0.3, 0.4) is 0 Å². The number of carbonyl (C=O) groups excluding carboxylic acids is 2. The summed E-state index contributed by atoms with van der Waals surface area (Å²) in [6, 6.07) is 11.3. The summed E-state index contributed by atoms with van der Waals surface area (Å²) in [4.78, 5) is 41.0. The molecule has 37 heavy (non-hydrogen) atoms. The molecule has 1 N–H and O–H groups in total. The molecule has 4 heterocycles. The lowest BCUT2D eigenvalue weighted by molar-refractivity contribution is -0.129. The average Bonchev–Trinajstić information content (AvgIpc) is 2.92. The second-order valence-corrected chi connectivity index (χ2v) is 11.1. The number of nitrogens with zero attached hydrogens (tertiary/aromatic N) is 5. The van der Waals surface area contributed by atoms with Crippen LogP contribution in [-0.4, -0.2) is 81.3 Å². The number of fused-ring (bicyclic) bond motifs is 1. The van der Waals surface area contributed by atoms with Crippen molar-refractivity contribution in [3.8, 4) is 0 Å². The number of nitrogens with one attached hydrogen (secondary N) is 1. The molecule has 3 aliphatic heterocycles. The Morgan fingerprint density at radius 3 is 2.27 bits per heavy atom. The maximum atomic E-state index is 13.5. The zero-order valence-corrected chi connectivity index (χ0v) is 22.4. The van der Waals surface area contributed by atoms with Gasteiger partial charge in [-0.05, 0) is 43.2 Å². The summed E-state index contributed by atoms with van der Waals surface area (Å²) in [5.74, 6) is 1.66. The second kappa shape index (κ2) is 11.2. The number of benzene rings is 1. The maximum Gasteiger partial charge on any atom is 0.272 e. The van der Waals surface area contributed by atoms with Crippen molar-refractivity contribution in [3.63, 3.8) is 0 Å². The van der Waals surface area contributed by atoms with E-state index in [0.29, 0.717) is 23.4 Å². The normalized spacial score (nSPS) is 19.7. The first kappa shape index (κ1) is 25.6. The summed E-state index contributed by atoms with van der Waals surface area (Å²) < 4.78 is 0. The minimum atomic E-state index is 0.00110. The SMILES string of the molecule is CC(=O)N1CCC(Nc2cc(C(=O)N3CCC(N4CCc5ccccc5C4)CC3)nc(C(C)C)n2)CC1. The van der Waals surface area contributed by atoms with Crippen molar-refractivity contribution in [1.29, 1.82) is 0 Å². The highest BCUT2D eigenvalue weighted by atomic mass is 16.2. The lowest BCUT2D eigenvalue weighted by Gasteiger charge is -2.40. The Morgan fingerprint density at radius 1 is 0.919 bits per heavy atom. The van der Waals surface area contributed by atoms with Gasteiger partial charge in [0.1, 0.15) is 17.3 Å². The van der Waals surface area contributed by atoms with Crippen LogP contribution in [0, 0.1) is 0 Å². The fourth-order valence-electron chi connectivity index (χ4n) is 5.88. The van der Waals surface area contributed by atoms with E-state index in [-0.39, 0.29) is 23.8 Å². The highest BCUT2D eigenvalue weighted by Gasteiger charge is 2.30. The van der Waals surface area contributed by atoms with Crippen LogP contribution in [-0.2, 0) is 17.8 Å². The standard InChI is InChI=1S/C29H40N6O2/c1-20(2)28-31-26(18-27(32-28)30-24-9-14-33(15-10-24)21(3)36)29(37)34-16-11-25(12-17-34)35-13-8-22-6-4-5-7-23(22)19-35/h4-7,18,20,24-25H,8-17,19H2,1-3H3,(H,30,31,32). The smallest absolute Gasteiger partial charge is 0.272 e. The van der Waals surface area contributed by atoms with Crippen molar-refractivity contribution in [2.75, 3.05) is 38.0 Å². The van der Waals surface area contributed by atoms with Crippen LogP contribution in [0.25, 0.3) is 0 Å². The molecule has 5 rings (SSSR count). The lowest BCUT2D eigenvalue weighted by atomic mass is 9.95. The van der Waals surface area contributed by atoms with Gasteiger partial charge in [0, 0.05) is 70.3 Å². The molecule has 0 atom stereocenters. The van der Waals surface area contributed by atoms with Gasteiger partial charge < -0.3 is 15.1 Å². The molecule has 8 nitrogen and oxygen atoms in total. The van der Waals surface area contributed by atoms with Crippen LogP contribution in [0.2, 0.25) is 0 Å². The largest absolute Gasteiger partial charge is 0.367 e. The first-order chi connectivity index (χ1) is 17.9. The molecule has 0 aliphatic carbocycles. The molecule has 0 saturated carbocycles. The number of aromatic nitrogens is 2. The van der Waals surface area contributed by atoms with Gasteiger partial charge in [-0.1, -0.05) is 38.1 Å². The third-order valence-electron chi connectivity index (χ3n) is 8.20. The Balaban J connectivity index is 1.21. The van der Waals surface area contributed by atoms with Gasteiger partial charge >= 0.3 is 0 Å². The van der Waals surface area contributed by atoms with Gasteiger partial charge in [0.25, 0.3) is 5.91 Å². The van der Waals surface area contributed by atoms with E-state index in [4.69, 9.17) is 4.98 Å². The van der Waals surface area contributed by atoms with Gasteiger partial charge in [0.15, 0.2) is 0 Å². The molecule has 1 aromatic carbocycles. The van der Waals surface area contributed by atoms with Gasteiger partial charge in [0.05, 0.1) is 0 Å². The molecule has 3 aliphatic rings. The Hall–Kier alpha value is -3.00. The first-order valence-corrected chi connectivity index (χ1v) is 13.9. The predicted molar refractivity (Wildman–Crippen MR) is 145 cm³/mol. The van der Waals surface area contributed by atoms with Crippen molar-refractivity contribution < 1.29 is 9.59 Å². The second-order valence-electron chi connectivity index (χ2n) is 11.1. The molecule has 2 saturated heterocycles. The molecule has 2 amide bonds. The van der Waals surface area contributed by atoms with Gasteiger partial charge in [-0.2, -0.15) is 0 Å². The molecule has 8 heteroatoms. The van der Waals surface area contributed by atoms with Gasteiger partial charge in [0.2, 0.25) is 5.91 Å². The minimum absolute atomic E-state index is 0.00110. The average molecular weight is 505 g/mol. The van der Waals surface area contributed by atoms with Crippen LogP contribution in [0.4, 0.5) is 5.82 Å². The number of amides is 2. The number of hydrogen-bond donors (Lipinski definition) is 1. The fourth-order valence-corrected chi connectivity index (χ4v) is 5.88. The summed E-state index contributed by atoms with van der Waals surface area (Å²) in [7, 11) is 0. The quantitative estimate of drug-likeness (QED) is 0.669. The van der Waals surface area contributed by atoms with E-state index in [0.717, 1.165) is 71.4 Å². The van der Waals surface area contributed by atoms with Crippen molar-refractivity contribution in [2.45, 2.75) is 77.4 Å². The molecule has 1 aromatic heterocycles. The van der Waals surface area contributed by atoms with Crippen LogP contribution in [0.15, 0.2) is 30.3 Å². The molecule has 0 spiro atoms. The first-order valence-electron chi connectivity index (χ1n) is 13.9. The molecule has 2 aromatic rings. The monoisotopic (exact) mass is 504 g/mol. The Bertz CT molecular complexity index is 1120. The number of hydrogen-bond acceptors (Lipinski definition) is 6. The predicted octanol–water partition coefficient (Wildman–Crippen LogP) is 3.69. The van der Waals surface area contributed by atoms with E-state index in [2.05, 4.69) is 53.3 Å². The lowest BCUT2D eigenvalue weighted by Crippen LogP contribution is -2.48. The summed E-state index contributed by atoms with van der Waals surface area (Å²) in [6.07, 6.45) is 4.85. The molecular formula is C29H40N6O2. The maximum absolute atomic E-state index is 13.5. The van der Waals surface area contributed by atoms with Crippen LogP contribution < -0.4 is 5.32 Å². The summed E-state index contributed by atoms with van der Waals surface area (Å²) in [5, 5.41) is 3.53. The zero-order valence-electron chi connectivity index (χ0n) is 22.4. The topological polar surface area (TPSA) is 81.7 Å².